The first-order valence-corrected chi connectivity index (χ1v) is 23.6. The van der Waals surface area contributed by atoms with Gasteiger partial charge in [0.15, 0.2) is 0 Å². The third-order valence-corrected chi connectivity index (χ3v) is 13.5. The highest BCUT2D eigenvalue weighted by atomic mass is 16.5. The Morgan fingerprint density at radius 2 is 0.657 bits per heavy atom. The summed E-state index contributed by atoms with van der Waals surface area (Å²) in [5.74, 6) is 2.60. The molecule has 70 heavy (non-hydrogen) atoms. The number of hydrogen-bond acceptors (Lipinski definition) is 4. The lowest BCUT2D eigenvalue weighted by Crippen LogP contribution is -1.98. The molecule has 0 fully saturated rings. The van der Waals surface area contributed by atoms with Crippen molar-refractivity contribution in [1.29, 1.82) is 0 Å². The summed E-state index contributed by atoms with van der Waals surface area (Å²) >= 11 is 0. The van der Waals surface area contributed by atoms with E-state index in [1.807, 2.05) is 48.5 Å². The van der Waals surface area contributed by atoms with Gasteiger partial charge in [0.25, 0.3) is 0 Å². The Morgan fingerprint density at radius 3 is 1.10 bits per heavy atom. The average molecular weight is 903 g/mol. The normalized spacial score (nSPS) is 11.4. The van der Waals surface area contributed by atoms with E-state index in [-0.39, 0.29) is 13.2 Å². The van der Waals surface area contributed by atoms with Crippen LogP contribution >= 0.6 is 0 Å². The molecule has 0 spiro atoms. The summed E-state index contributed by atoms with van der Waals surface area (Å²) in [7, 11) is 0. The standard InChI is InChI=1S/C66H46O4/c67-41-43-25-33-61(59(37-43)57-23-11-19-47-17-7-9-21-53(47)57)69-63-35-29-51-39-49(45-13-3-1-4-14-45)27-31-55(51)65(63)66-56-32-28-50(46-15-5-2-6-16-46)40-52(56)30-36-64(66)70-62-34-26-44(42-68)38-60(62)58-24-12-20-48-18-8-10-22-54(48)58/h1-40,67-68H,41-42H2. The molecule has 0 aliphatic heterocycles. The fourth-order valence-corrected chi connectivity index (χ4v) is 10.0. The van der Waals surface area contributed by atoms with Crippen LogP contribution < -0.4 is 9.47 Å². The van der Waals surface area contributed by atoms with E-state index in [1.165, 1.54) is 0 Å². The highest BCUT2D eigenvalue weighted by Crippen LogP contribution is 2.51. The van der Waals surface area contributed by atoms with Crippen LogP contribution in [0, 0.1) is 0 Å². The average Bonchev–Trinajstić information content (AvgIpc) is 3.43. The van der Waals surface area contributed by atoms with Crippen molar-refractivity contribution in [1.82, 2.24) is 0 Å². The second kappa shape index (κ2) is 18.4. The Hall–Kier alpha value is -8.80. The topological polar surface area (TPSA) is 58.9 Å². The van der Waals surface area contributed by atoms with Gasteiger partial charge in [-0.25, -0.2) is 0 Å². The Labute approximate surface area is 406 Å². The number of benzene rings is 12. The summed E-state index contributed by atoms with van der Waals surface area (Å²) in [5.41, 5.74) is 11.6. The van der Waals surface area contributed by atoms with Gasteiger partial charge in [-0.2, -0.15) is 0 Å². The molecular formula is C66H46O4. The van der Waals surface area contributed by atoms with Crippen LogP contribution in [0.15, 0.2) is 243 Å². The van der Waals surface area contributed by atoms with Crippen LogP contribution in [-0.2, 0) is 13.2 Å². The third-order valence-electron chi connectivity index (χ3n) is 13.5. The van der Waals surface area contributed by atoms with Crippen LogP contribution in [0.2, 0.25) is 0 Å². The number of fused-ring (bicyclic) bond motifs is 4. The Morgan fingerprint density at radius 1 is 0.257 bits per heavy atom. The minimum Gasteiger partial charge on any atom is -0.456 e. The summed E-state index contributed by atoms with van der Waals surface area (Å²) < 4.78 is 14.7. The van der Waals surface area contributed by atoms with Crippen molar-refractivity contribution < 1.29 is 19.7 Å². The van der Waals surface area contributed by atoms with E-state index in [1.54, 1.807) is 0 Å². The monoisotopic (exact) mass is 902 g/mol. The van der Waals surface area contributed by atoms with Crippen LogP contribution in [0.1, 0.15) is 11.1 Å². The molecule has 4 nitrogen and oxygen atoms in total. The molecule has 12 aromatic rings. The molecule has 0 saturated heterocycles. The van der Waals surface area contributed by atoms with Gasteiger partial charge in [-0.05, 0) is 136 Å². The fraction of sp³-hybridized carbons (Fsp3) is 0.0303. The van der Waals surface area contributed by atoms with Crippen LogP contribution in [0.4, 0.5) is 0 Å². The zero-order chi connectivity index (χ0) is 47.0. The maximum atomic E-state index is 10.5. The predicted molar refractivity (Wildman–Crippen MR) is 289 cm³/mol. The van der Waals surface area contributed by atoms with Gasteiger partial charge < -0.3 is 19.7 Å². The minimum absolute atomic E-state index is 0.106. The molecule has 0 saturated carbocycles. The molecule has 0 aliphatic rings. The smallest absolute Gasteiger partial charge is 0.136 e. The first-order valence-electron chi connectivity index (χ1n) is 23.6. The van der Waals surface area contributed by atoms with Crippen molar-refractivity contribution in [3.63, 3.8) is 0 Å². The molecule has 12 rings (SSSR count). The van der Waals surface area contributed by atoms with Crippen LogP contribution in [-0.4, -0.2) is 10.2 Å². The number of rotatable bonds is 11. The van der Waals surface area contributed by atoms with Gasteiger partial charge in [-0.15, -0.1) is 0 Å². The lowest BCUT2D eigenvalue weighted by molar-refractivity contribution is 0.281. The van der Waals surface area contributed by atoms with Crippen LogP contribution in [0.3, 0.4) is 0 Å². The fourth-order valence-electron chi connectivity index (χ4n) is 10.0. The molecule has 0 bridgehead atoms. The van der Waals surface area contributed by atoms with E-state index in [4.69, 9.17) is 9.47 Å². The van der Waals surface area contributed by atoms with Gasteiger partial charge in [0, 0.05) is 22.3 Å². The highest BCUT2D eigenvalue weighted by Gasteiger charge is 2.24. The predicted octanol–water partition coefficient (Wildman–Crippen LogP) is 17.2. The largest absolute Gasteiger partial charge is 0.456 e. The van der Waals surface area contributed by atoms with E-state index in [9.17, 15) is 10.2 Å². The second-order valence-corrected chi connectivity index (χ2v) is 17.7. The quantitative estimate of drug-likeness (QED) is 0.136. The van der Waals surface area contributed by atoms with Gasteiger partial charge in [0.05, 0.1) is 13.2 Å². The number of aliphatic hydroxyl groups excluding tert-OH is 2. The Kier molecular flexibility index (Phi) is 11.2. The van der Waals surface area contributed by atoms with Gasteiger partial charge >= 0.3 is 0 Å². The minimum atomic E-state index is -0.106. The van der Waals surface area contributed by atoms with Crippen molar-refractivity contribution in [3.8, 4) is 78.6 Å². The van der Waals surface area contributed by atoms with Crippen LogP contribution in [0.5, 0.6) is 23.0 Å². The molecule has 0 amide bonds. The van der Waals surface area contributed by atoms with Crippen LogP contribution in [0.25, 0.3) is 98.7 Å². The molecular weight excluding hydrogens is 857 g/mol. The van der Waals surface area contributed by atoms with Gasteiger partial charge in [-0.1, -0.05) is 194 Å². The summed E-state index contributed by atoms with van der Waals surface area (Å²) in [5, 5.41) is 29.4. The molecule has 2 N–H and O–H groups in total. The number of ether oxygens (including phenoxy) is 2. The van der Waals surface area contributed by atoms with Crippen molar-refractivity contribution in [3.05, 3.63) is 254 Å². The number of aliphatic hydroxyl groups is 2. The van der Waals surface area contributed by atoms with Crippen molar-refractivity contribution in [2.45, 2.75) is 13.2 Å². The Balaban J connectivity index is 1.12. The van der Waals surface area contributed by atoms with Crippen molar-refractivity contribution in [2.24, 2.45) is 0 Å². The van der Waals surface area contributed by atoms with Gasteiger partial charge in [0.1, 0.15) is 23.0 Å². The molecule has 4 heteroatoms. The van der Waals surface area contributed by atoms with E-state index in [2.05, 4.69) is 194 Å². The molecule has 0 heterocycles. The summed E-state index contributed by atoms with van der Waals surface area (Å²) in [6.45, 7) is -0.213. The molecule has 0 unspecified atom stereocenters. The first kappa shape index (κ1) is 42.5. The molecule has 0 atom stereocenters. The highest BCUT2D eigenvalue weighted by molar-refractivity contribution is 6.11. The molecule has 12 aromatic carbocycles. The maximum absolute atomic E-state index is 10.5. The van der Waals surface area contributed by atoms with Crippen molar-refractivity contribution >= 4 is 43.1 Å². The summed E-state index contributed by atoms with van der Waals surface area (Å²) in [6, 6.07) is 83.9. The van der Waals surface area contributed by atoms with E-state index in [0.717, 1.165) is 110 Å². The lowest BCUT2D eigenvalue weighted by Gasteiger charge is -2.22. The van der Waals surface area contributed by atoms with Gasteiger partial charge in [0.2, 0.25) is 0 Å². The summed E-state index contributed by atoms with van der Waals surface area (Å²) in [6.07, 6.45) is 0. The van der Waals surface area contributed by atoms with E-state index in [0.29, 0.717) is 23.0 Å². The summed E-state index contributed by atoms with van der Waals surface area (Å²) in [4.78, 5) is 0. The second-order valence-electron chi connectivity index (χ2n) is 17.7. The number of hydrogen-bond donors (Lipinski definition) is 2. The first-order chi connectivity index (χ1) is 34.6. The molecule has 0 aliphatic carbocycles. The maximum Gasteiger partial charge on any atom is 0.136 e. The third kappa shape index (κ3) is 7.91. The molecule has 334 valence electrons. The zero-order valence-electron chi connectivity index (χ0n) is 38.2. The Bertz CT molecular complexity index is 3650. The molecule has 0 aromatic heterocycles. The SMILES string of the molecule is OCc1ccc(Oc2ccc3cc(-c4ccccc4)ccc3c2-c2c(Oc3ccc(CO)cc3-c3cccc4ccccc34)ccc3cc(-c4ccccc4)ccc23)c(-c2cccc3ccccc23)c1. The van der Waals surface area contributed by atoms with Gasteiger partial charge in [-0.3, -0.25) is 0 Å². The van der Waals surface area contributed by atoms with E-state index < -0.39 is 0 Å². The molecule has 0 radical (unpaired) electrons. The lowest BCUT2D eigenvalue weighted by atomic mass is 9.89. The van der Waals surface area contributed by atoms with Crippen molar-refractivity contribution in [2.75, 3.05) is 0 Å². The van der Waals surface area contributed by atoms with E-state index >= 15 is 0 Å². The zero-order valence-corrected chi connectivity index (χ0v) is 38.2.